The Labute approximate surface area is 150 Å². The monoisotopic (exact) mass is 354 g/mol. The first-order valence-corrected chi connectivity index (χ1v) is 8.16. The zero-order chi connectivity index (χ0) is 18.5. The Morgan fingerprint density at radius 2 is 2.00 bits per heavy atom. The first kappa shape index (κ1) is 17.5. The summed E-state index contributed by atoms with van der Waals surface area (Å²) < 4.78 is 18.7. The molecular weight excluding hydrogens is 335 g/mol. The number of aromatic amines is 1. The second-order valence-corrected chi connectivity index (χ2v) is 5.60. The van der Waals surface area contributed by atoms with Crippen LogP contribution in [0, 0.1) is 5.82 Å². The van der Waals surface area contributed by atoms with Crippen LogP contribution >= 0.6 is 0 Å². The van der Waals surface area contributed by atoms with E-state index in [2.05, 4.69) is 20.8 Å². The summed E-state index contributed by atoms with van der Waals surface area (Å²) in [5.74, 6) is 0.274. The molecule has 0 radical (unpaired) electrons. The zero-order valence-electron chi connectivity index (χ0n) is 14.5. The van der Waals surface area contributed by atoms with Gasteiger partial charge in [-0.25, -0.2) is 9.18 Å². The topological polar surface area (TPSA) is 79.0 Å². The molecule has 3 rings (SSSR count). The van der Waals surface area contributed by atoms with E-state index in [-0.39, 0.29) is 5.82 Å². The number of ether oxygens (including phenoxy) is 1. The fourth-order valence-corrected chi connectivity index (χ4v) is 2.59. The molecule has 3 N–H and O–H groups in total. The lowest BCUT2D eigenvalue weighted by atomic mass is 10.1. The molecule has 7 heteroatoms. The first-order chi connectivity index (χ1) is 12.6. The maximum Gasteiger partial charge on any atom is 0.323 e. The van der Waals surface area contributed by atoms with Crippen molar-refractivity contribution in [3.05, 3.63) is 60.0 Å². The Morgan fingerprint density at radius 3 is 2.73 bits per heavy atom. The summed E-state index contributed by atoms with van der Waals surface area (Å²) in [5.41, 5.74) is 2.94. The molecule has 0 aliphatic carbocycles. The van der Waals surface area contributed by atoms with Gasteiger partial charge in [0.2, 0.25) is 0 Å². The van der Waals surface area contributed by atoms with Crippen LogP contribution in [0.1, 0.15) is 12.6 Å². The van der Waals surface area contributed by atoms with E-state index in [1.54, 1.807) is 43.5 Å². The number of aryl methyl sites for hydroxylation is 1. The van der Waals surface area contributed by atoms with Crippen molar-refractivity contribution in [2.75, 3.05) is 17.7 Å². The van der Waals surface area contributed by atoms with E-state index in [1.807, 2.05) is 6.92 Å². The number of hydrogen-bond donors (Lipinski definition) is 3. The van der Waals surface area contributed by atoms with Crippen molar-refractivity contribution in [1.29, 1.82) is 0 Å². The van der Waals surface area contributed by atoms with Crippen molar-refractivity contribution in [2.45, 2.75) is 13.3 Å². The zero-order valence-corrected chi connectivity index (χ0v) is 14.5. The molecule has 0 unspecified atom stereocenters. The largest absolute Gasteiger partial charge is 0.497 e. The number of halogens is 1. The molecule has 0 bridgehead atoms. The Bertz CT molecular complexity index is 923. The Morgan fingerprint density at radius 1 is 1.19 bits per heavy atom. The SMILES string of the molecule is CCc1[nH]nc(-c2cccc(F)c2)c1NC(=O)Nc1cccc(OC)c1. The summed E-state index contributed by atoms with van der Waals surface area (Å²) in [5, 5.41) is 12.7. The molecule has 0 saturated carbocycles. The minimum absolute atomic E-state index is 0.365. The predicted octanol–water partition coefficient (Wildman–Crippen LogP) is 4.43. The number of anilines is 2. The normalized spacial score (nSPS) is 10.4. The molecule has 3 aromatic rings. The molecule has 0 fully saturated rings. The van der Waals surface area contributed by atoms with E-state index in [4.69, 9.17) is 4.74 Å². The van der Waals surface area contributed by atoms with E-state index < -0.39 is 6.03 Å². The van der Waals surface area contributed by atoms with Gasteiger partial charge in [0, 0.05) is 17.3 Å². The van der Waals surface area contributed by atoms with Gasteiger partial charge in [-0.15, -0.1) is 0 Å². The third-order valence-corrected chi connectivity index (χ3v) is 3.86. The summed E-state index contributed by atoms with van der Waals surface area (Å²) in [7, 11) is 1.56. The molecule has 2 aromatic carbocycles. The van der Waals surface area contributed by atoms with Gasteiger partial charge < -0.3 is 15.4 Å². The van der Waals surface area contributed by atoms with Crippen LogP contribution in [0.5, 0.6) is 5.75 Å². The summed E-state index contributed by atoms with van der Waals surface area (Å²) >= 11 is 0. The van der Waals surface area contributed by atoms with Crippen LogP contribution in [-0.4, -0.2) is 23.3 Å². The lowest BCUT2D eigenvalue weighted by Crippen LogP contribution is -2.20. The number of aromatic nitrogens is 2. The molecule has 6 nitrogen and oxygen atoms in total. The van der Waals surface area contributed by atoms with Crippen molar-refractivity contribution in [3.63, 3.8) is 0 Å². The molecule has 0 saturated heterocycles. The lowest BCUT2D eigenvalue weighted by Gasteiger charge is -2.10. The smallest absolute Gasteiger partial charge is 0.323 e. The molecule has 26 heavy (non-hydrogen) atoms. The van der Waals surface area contributed by atoms with Crippen molar-refractivity contribution in [1.82, 2.24) is 10.2 Å². The Hall–Kier alpha value is -3.35. The van der Waals surface area contributed by atoms with Crippen molar-refractivity contribution >= 4 is 17.4 Å². The van der Waals surface area contributed by atoms with E-state index in [9.17, 15) is 9.18 Å². The third kappa shape index (κ3) is 3.83. The number of nitrogens with zero attached hydrogens (tertiary/aromatic N) is 1. The lowest BCUT2D eigenvalue weighted by molar-refractivity contribution is 0.262. The highest BCUT2D eigenvalue weighted by atomic mass is 19.1. The third-order valence-electron chi connectivity index (χ3n) is 3.86. The highest BCUT2D eigenvalue weighted by molar-refractivity contribution is 6.02. The van der Waals surface area contributed by atoms with Crippen molar-refractivity contribution < 1.29 is 13.9 Å². The number of hydrogen-bond acceptors (Lipinski definition) is 3. The first-order valence-electron chi connectivity index (χ1n) is 8.16. The van der Waals surface area contributed by atoms with E-state index in [0.717, 1.165) is 5.69 Å². The number of H-pyrrole nitrogens is 1. The van der Waals surface area contributed by atoms with Crippen LogP contribution in [0.15, 0.2) is 48.5 Å². The van der Waals surface area contributed by atoms with Crippen LogP contribution in [0.25, 0.3) is 11.3 Å². The Balaban J connectivity index is 1.84. The van der Waals surface area contributed by atoms with Crippen molar-refractivity contribution in [3.8, 4) is 17.0 Å². The van der Waals surface area contributed by atoms with Gasteiger partial charge in [-0.3, -0.25) is 5.10 Å². The van der Waals surface area contributed by atoms with E-state index in [0.29, 0.717) is 34.8 Å². The molecule has 0 atom stereocenters. The van der Waals surface area contributed by atoms with Gasteiger partial charge >= 0.3 is 6.03 Å². The second-order valence-electron chi connectivity index (χ2n) is 5.60. The minimum atomic E-state index is -0.424. The van der Waals surface area contributed by atoms with Crippen LogP contribution in [0.3, 0.4) is 0 Å². The molecule has 0 aliphatic rings. The van der Waals surface area contributed by atoms with Crippen LogP contribution in [0.2, 0.25) is 0 Å². The number of carbonyl (C=O) groups excluding carboxylic acids is 1. The average molecular weight is 354 g/mol. The van der Waals surface area contributed by atoms with Crippen LogP contribution in [-0.2, 0) is 6.42 Å². The Kier molecular flexibility index (Phi) is 5.17. The maximum atomic E-state index is 13.5. The van der Waals surface area contributed by atoms with Crippen LogP contribution in [0.4, 0.5) is 20.6 Å². The van der Waals surface area contributed by atoms with Gasteiger partial charge in [0.1, 0.15) is 17.3 Å². The number of nitrogens with one attached hydrogen (secondary N) is 3. The molecular formula is C19H19FN4O2. The summed E-state index contributed by atoms with van der Waals surface area (Å²) in [6.45, 7) is 1.94. The number of urea groups is 1. The van der Waals surface area contributed by atoms with Crippen LogP contribution < -0.4 is 15.4 Å². The average Bonchev–Trinajstić information content (AvgIpc) is 3.04. The fraction of sp³-hybridized carbons (Fsp3) is 0.158. The number of rotatable bonds is 5. The van der Waals surface area contributed by atoms with Gasteiger partial charge in [-0.2, -0.15) is 5.10 Å². The summed E-state index contributed by atoms with van der Waals surface area (Å²) in [4.78, 5) is 12.4. The van der Waals surface area contributed by atoms with E-state index >= 15 is 0 Å². The molecule has 0 spiro atoms. The van der Waals surface area contributed by atoms with Crippen molar-refractivity contribution in [2.24, 2.45) is 0 Å². The number of carbonyl (C=O) groups is 1. The maximum absolute atomic E-state index is 13.5. The van der Waals surface area contributed by atoms with Gasteiger partial charge in [-0.05, 0) is 30.7 Å². The highest BCUT2D eigenvalue weighted by Crippen LogP contribution is 2.30. The van der Waals surface area contributed by atoms with Gasteiger partial charge in [-0.1, -0.05) is 25.1 Å². The quantitative estimate of drug-likeness (QED) is 0.634. The predicted molar refractivity (Wildman–Crippen MR) is 99.0 cm³/mol. The standard InChI is InChI=1S/C19H19FN4O2/c1-3-16-18(17(24-23-16)12-6-4-7-13(20)10-12)22-19(25)21-14-8-5-9-15(11-14)26-2/h4-11H,3H2,1-2H3,(H,23,24)(H2,21,22,25). The summed E-state index contributed by atoms with van der Waals surface area (Å²) in [6.07, 6.45) is 0.636. The second kappa shape index (κ2) is 7.69. The van der Waals surface area contributed by atoms with Gasteiger partial charge in [0.15, 0.2) is 0 Å². The van der Waals surface area contributed by atoms with Gasteiger partial charge in [0.05, 0.1) is 18.5 Å². The molecule has 134 valence electrons. The number of amides is 2. The summed E-state index contributed by atoms with van der Waals surface area (Å²) in [6, 6.07) is 12.7. The highest BCUT2D eigenvalue weighted by Gasteiger charge is 2.17. The van der Waals surface area contributed by atoms with E-state index in [1.165, 1.54) is 12.1 Å². The molecule has 1 aromatic heterocycles. The molecule has 2 amide bonds. The van der Waals surface area contributed by atoms with Gasteiger partial charge in [0.25, 0.3) is 0 Å². The molecule has 0 aliphatic heterocycles. The number of benzene rings is 2. The molecule has 1 heterocycles. The fourth-order valence-electron chi connectivity index (χ4n) is 2.59. The minimum Gasteiger partial charge on any atom is -0.497 e. The number of methoxy groups -OCH3 is 1.